The number of nitrogens with two attached hydrogens (primary N) is 5. The van der Waals surface area contributed by atoms with E-state index in [-0.39, 0.29) is 50.5 Å². The molecule has 54 heavy (non-hydrogen) atoms. The third-order valence-corrected chi connectivity index (χ3v) is 8.01. The first-order valence-electron chi connectivity index (χ1n) is 17.6. The van der Waals surface area contributed by atoms with Gasteiger partial charge in [-0.1, -0.05) is 0 Å². The molecule has 0 aliphatic rings. The van der Waals surface area contributed by atoms with Crippen molar-refractivity contribution in [3.63, 3.8) is 0 Å². The molecule has 1 heterocycles. The number of unbranched alkanes of at least 4 members (excludes halogenated alkanes) is 2. The van der Waals surface area contributed by atoms with Crippen LogP contribution in [0.5, 0.6) is 0 Å². The molecule has 0 bridgehead atoms. The fourth-order valence-corrected chi connectivity index (χ4v) is 4.75. The number of carbonyl (C=O) groups excluding carboxylic acids is 7. The SMILES string of the molecule is C[C@H](NC(=O)[C@H](C)NC(=O)[C@H](CCCCN)NC(=O)[C@@H](N)[C@@H](C)O)C(=O)N[C@@H](CCCN=C(N)N)C(=O)N[C@@H](CCCCNC(=O)c1cnco1)C(N)=O. The van der Waals surface area contributed by atoms with E-state index in [1.54, 1.807) is 0 Å². The van der Waals surface area contributed by atoms with Crippen LogP contribution >= 0.6 is 0 Å². The van der Waals surface area contributed by atoms with Crippen LogP contribution in [-0.2, 0) is 28.8 Å². The van der Waals surface area contributed by atoms with Gasteiger partial charge in [0.15, 0.2) is 12.4 Å². The van der Waals surface area contributed by atoms with Crippen molar-refractivity contribution in [1.29, 1.82) is 0 Å². The fourth-order valence-electron chi connectivity index (χ4n) is 4.75. The lowest BCUT2D eigenvalue weighted by atomic mass is 10.1. The van der Waals surface area contributed by atoms with Gasteiger partial charge in [-0.05, 0) is 78.7 Å². The number of aliphatic hydroxyl groups is 1. The van der Waals surface area contributed by atoms with E-state index < -0.39 is 83.7 Å². The smallest absolute Gasteiger partial charge is 0.288 e. The van der Waals surface area contributed by atoms with Crippen LogP contribution in [0.2, 0.25) is 0 Å². The average Bonchev–Trinajstić information content (AvgIpc) is 3.66. The van der Waals surface area contributed by atoms with Crippen molar-refractivity contribution in [3.05, 3.63) is 18.4 Å². The molecule has 1 aromatic rings. The summed E-state index contributed by atoms with van der Waals surface area (Å²) in [5.41, 5.74) is 27.5. The molecule has 0 fully saturated rings. The lowest BCUT2D eigenvalue weighted by Crippen LogP contribution is -2.58. The Morgan fingerprint density at radius 1 is 0.741 bits per heavy atom. The van der Waals surface area contributed by atoms with Crippen LogP contribution in [0.1, 0.15) is 82.7 Å². The highest BCUT2D eigenvalue weighted by atomic mass is 16.3. The topological polar surface area (TPSA) is 380 Å². The summed E-state index contributed by atoms with van der Waals surface area (Å²) in [7, 11) is 0. The molecule has 22 heteroatoms. The zero-order valence-corrected chi connectivity index (χ0v) is 31.0. The van der Waals surface area contributed by atoms with Crippen LogP contribution in [0.3, 0.4) is 0 Å². The second-order valence-electron chi connectivity index (χ2n) is 12.7. The highest BCUT2D eigenvalue weighted by molar-refractivity contribution is 5.96. The summed E-state index contributed by atoms with van der Waals surface area (Å²) in [4.78, 5) is 96.7. The molecular weight excluding hydrogens is 710 g/mol. The van der Waals surface area contributed by atoms with E-state index >= 15 is 0 Å². The molecule has 0 aliphatic heterocycles. The van der Waals surface area contributed by atoms with Gasteiger partial charge in [-0.15, -0.1) is 0 Å². The number of guanidine groups is 1. The standard InChI is InChI=1S/C32H57N13O9/c1-17(42-28(50)21(10-4-6-12-33)45-31(53)24(34)19(3)46)26(48)41-18(2)27(49)44-22(11-8-14-40-32(36)37)29(51)43-20(25(35)47)9-5-7-13-39-30(52)23-15-38-16-54-23/h15-22,24,46H,4-14,33-34H2,1-3H3,(H2,35,47)(H,39,52)(H,41,48)(H,42,50)(H,43,51)(H,44,49)(H,45,53)(H4,36,37,40)/t17-,18-,19+,20-,21-,22-,24-/m0/s1. The second-order valence-corrected chi connectivity index (χ2v) is 12.7. The molecule has 1 aromatic heterocycles. The van der Waals surface area contributed by atoms with Gasteiger partial charge in [-0.3, -0.25) is 38.6 Å². The summed E-state index contributed by atoms with van der Waals surface area (Å²) >= 11 is 0. The molecule has 304 valence electrons. The Hall–Kier alpha value is -5.35. The minimum absolute atomic E-state index is 0.0383. The molecule has 0 aliphatic carbocycles. The minimum Gasteiger partial charge on any atom is -0.438 e. The van der Waals surface area contributed by atoms with Crippen LogP contribution in [0.25, 0.3) is 0 Å². The molecule has 0 unspecified atom stereocenters. The van der Waals surface area contributed by atoms with E-state index in [1.807, 2.05) is 0 Å². The van der Waals surface area contributed by atoms with Crippen molar-refractivity contribution in [1.82, 2.24) is 36.9 Å². The molecule has 7 atom stereocenters. The van der Waals surface area contributed by atoms with Crippen molar-refractivity contribution in [2.24, 2.45) is 33.7 Å². The Kier molecular flexibility index (Phi) is 21.4. The van der Waals surface area contributed by atoms with Crippen LogP contribution in [0, 0.1) is 0 Å². The zero-order chi connectivity index (χ0) is 40.8. The Balaban J connectivity index is 2.86. The number of hydrogen-bond donors (Lipinski definition) is 12. The number of oxazole rings is 1. The summed E-state index contributed by atoms with van der Waals surface area (Å²) < 4.78 is 4.92. The maximum absolute atomic E-state index is 13.3. The first-order chi connectivity index (χ1) is 25.5. The quantitative estimate of drug-likeness (QED) is 0.0240. The Morgan fingerprint density at radius 2 is 1.26 bits per heavy atom. The van der Waals surface area contributed by atoms with E-state index in [1.165, 1.54) is 27.0 Å². The number of aliphatic imine (C=N–C) groups is 1. The third-order valence-electron chi connectivity index (χ3n) is 8.01. The number of rotatable bonds is 26. The van der Waals surface area contributed by atoms with Gasteiger partial charge in [-0.2, -0.15) is 0 Å². The van der Waals surface area contributed by atoms with Crippen molar-refractivity contribution < 1.29 is 43.1 Å². The van der Waals surface area contributed by atoms with Gasteiger partial charge in [0.25, 0.3) is 5.91 Å². The number of amides is 7. The summed E-state index contributed by atoms with van der Waals surface area (Å²) in [6, 6.07) is -7.04. The van der Waals surface area contributed by atoms with Gasteiger partial charge in [0.05, 0.1) is 12.3 Å². The van der Waals surface area contributed by atoms with E-state index in [9.17, 15) is 38.7 Å². The number of hydrogen-bond acceptors (Lipinski definition) is 13. The van der Waals surface area contributed by atoms with E-state index in [0.29, 0.717) is 32.2 Å². The largest absolute Gasteiger partial charge is 0.438 e. The number of nitrogens with zero attached hydrogens (tertiary/aromatic N) is 2. The van der Waals surface area contributed by atoms with E-state index in [0.717, 1.165) is 6.39 Å². The monoisotopic (exact) mass is 767 g/mol. The maximum atomic E-state index is 13.3. The number of aromatic nitrogens is 1. The lowest BCUT2D eigenvalue weighted by molar-refractivity contribution is -0.135. The molecule has 0 radical (unpaired) electrons. The Morgan fingerprint density at radius 3 is 1.81 bits per heavy atom. The van der Waals surface area contributed by atoms with Crippen LogP contribution in [0.4, 0.5) is 0 Å². The lowest BCUT2D eigenvalue weighted by Gasteiger charge is -2.25. The molecule has 0 aromatic carbocycles. The van der Waals surface area contributed by atoms with Crippen LogP contribution in [0.15, 0.2) is 22.0 Å². The second kappa shape index (κ2) is 24.8. The minimum atomic E-state index is -1.29. The molecule has 1 rings (SSSR count). The average molecular weight is 768 g/mol. The van der Waals surface area contributed by atoms with Crippen LogP contribution < -0.4 is 60.6 Å². The van der Waals surface area contributed by atoms with Gasteiger partial charge in [-0.25, -0.2) is 4.98 Å². The third kappa shape index (κ3) is 17.9. The van der Waals surface area contributed by atoms with Gasteiger partial charge < -0.3 is 70.1 Å². The zero-order valence-electron chi connectivity index (χ0n) is 31.0. The highest BCUT2D eigenvalue weighted by Crippen LogP contribution is 2.06. The first kappa shape index (κ1) is 46.7. The number of nitrogens with one attached hydrogen (secondary N) is 6. The summed E-state index contributed by atoms with van der Waals surface area (Å²) in [6.45, 7) is 4.78. The van der Waals surface area contributed by atoms with Crippen molar-refractivity contribution in [3.8, 4) is 0 Å². The number of carbonyl (C=O) groups is 7. The van der Waals surface area contributed by atoms with E-state index in [2.05, 4.69) is 41.9 Å². The molecule has 0 saturated carbocycles. The maximum Gasteiger partial charge on any atom is 0.288 e. The van der Waals surface area contributed by atoms with E-state index in [4.69, 9.17) is 33.1 Å². The fraction of sp³-hybridized carbons (Fsp3) is 0.656. The summed E-state index contributed by atoms with van der Waals surface area (Å²) in [5.74, 6) is -5.10. The van der Waals surface area contributed by atoms with Crippen molar-refractivity contribution >= 4 is 47.3 Å². The predicted octanol–water partition coefficient (Wildman–Crippen LogP) is -4.59. The number of aliphatic hydroxyl groups excluding tert-OH is 1. The molecule has 7 amide bonds. The molecule has 17 N–H and O–H groups in total. The summed E-state index contributed by atoms with van der Waals surface area (Å²) in [6.07, 6.45) is 3.68. The Bertz CT molecular complexity index is 1400. The van der Waals surface area contributed by atoms with Gasteiger partial charge >= 0.3 is 0 Å². The van der Waals surface area contributed by atoms with Crippen molar-refractivity contribution in [2.75, 3.05) is 19.6 Å². The van der Waals surface area contributed by atoms with Crippen molar-refractivity contribution in [2.45, 2.75) is 114 Å². The van der Waals surface area contributed by atoms with Crippen LogP contribution in [-0.4, -0.2) is 119 Å². The normalized spacial score (nSPS) is 14.8. The van der Waals surface area contributed by atoms with Gasteiger partial charge in [0.2, 0.25) is 41.2 Å². The van der Waals surface area contributed by atoms with Gasteiger partial charge in [0.1, 0.15) is 36.3 Å². The molecule has 0 spiro atoms. The highest BCUT2D eigenvalue weighted by Gasteiger charge is 2.30. The molecular formula is C32H57N13O9. The molecule has 22 nitrogen and oxygen atoms in total. The van der Waals surface area contributed by atoms with Gasteiger partial charge in [0, 0.05) is 13.1 Å². The predicted molar refractivity (Wildman–Crippen MR) is 195 cm³/mol. The summed E-state index contributed by atoms with van der Waals surface area (Å²) in [5, 5.41) is 24.8. The Labute approximate surface area is 313 Å². The number of primary amides is 1. The molecule has 0 saturated heterocycles. The first-order valence-corrected chi connectivity index (χ1v) is 17.6.